The Morgan fingerprint density at radius 2 is 1.34 bits per heavy atom. The molecule has 4 nitrogen and oxygen atoms in total. The summed E-state index contributed by atoms with van der Waals surface area (Å²) in [4.78, 5) is 11.9. The van der Waals surface area contributed by atoms with Gasteiger partial charge in [-0.1, -0.05) is 101 Å². The molecule has 0 heterocycles. The van der Waals surface area contributed by atoms with Crippen LogP contribution in [-0.4, -0.2) is 38.0 Å². The van der Waals surface area contributed by atoms with Crippen molar-refractivity contribution in [3.63, 3.8) is 0 Å². The van der Waals surface area contributed by atoms with Crippen molar-refractivity contribution in [3.8, 4) is 11.1 Å². The molecule has 1 atom stereocenters. The largest absolute Gasteiger partial charge is 0.462 e. The molecule has 0 aromatic heterocycles. The molecular weight excluding hydrogens is 544 g/mol. The summed E-state index contributed by atoms with van der Waals surface area (Å²) in [7, 11) is 1.71. The maximum absolute atomic E-state index is 11.9. The van der Waals surface area contributed by atoms with Gasteiger partial charge >= 0.3 is 5.97 Å². The summed E-state index contributed by atoms with van der Waals surface area (Å²) in [6.45, 7) is 6.40. The zero-order valence-electron chi connectivity index (χ0n) is 27.6. The molecule has 1 N–H and O–H groups in total. The van der Waals surface area contributed by atoms with E-state index in [2.05, 4.69) is 62.0 Å². The number of aliphatic hydroxyl groups is 1. The molecule has 0 amide bonds. The van der Waals surface area contributed by atoms with E-state index in [-0.39, 0.29) is 18.1 Å². The summed E-state index contributed by atoms with van der Waals surface area (Å²) in [5.74, 6) is 3.06. The van der Waals surface area contributed by atoms with Crippen LogP contribution < -0.4 is 0 Å². The third kappa shape index (κ3) is 10.9. The molecule has 2 aliphatic carbocycles. The maximum atomic E-state index is 11.9. The Kier molecular flexibility index (Phi) is 14.5. The average Bonchev–Trinajstić information content (AvgIpc) is 3.07. The zero-order valence-corrected chi connectivity index (χ0v) is 27.6. The van der Waals surface area contributed by atoms with Gasteiger partial charge in [0, 0.05) is 13.0 Å². The van der Waals surface area contributed by atoms with Crippen LogP contribution in [0.25, 0.3) is 11.1 Å². The smallest absolute Gasteiger partial charge is 0.335 e. The van der Waals surface area contributed by atoms with Crippen molar-refractivity contribution in [2.75, 3.05) is 26.9 Å². The number of hydrogen-bond acceptors (Lipinski definition) is 4. The lowest BCUT2D eigenvalue weighted by molar-refractivity contribution is -0.141. The quantitative estimate of drug-likeness (QED) is 0.111. The lowest BCUT2D eigenvalue weighted by Gasteiger charge is -2.38. The van der Waals surface area contributed by atoms with Gasteiger partial charge in [0.05, 0.1) is 25.4 Å². The zero-order chi connectivity index (χ0) is 31.1. The molecular formula is C40H58O4. The number of carbonyl (C=O) groups is 1. The van der Waals surface area contributed by atoms with Crippen LogP contribution in [0.15, 0.2) is 60.7 Å². The second kappa shape index (κ2) is 18.5. The van der Waals surface area contributed by atoms with Crippen molar-refractivity contribution in [1.82, 2.24) is 0 Å². The summed E-state index contributed by atoms with van der Waals surface area (Å²) in [5, 5.41) is 9.10. The Labute approximate surface area is 267 Å². The van der Waals surface area contributed by atoms with Crippen molar-refractivity contribution in [2.24, 2.45) is 29.6 Å². The first kappa shape index (κ1) is 34.4. The number of esters is 1. The topological polar surface area (TPSA) is 55.8 Å². The molecule has 0 spiro atoms. The SMILES string of the molecule is C=C(CO)C(=O)OCC(COC)CC1CCC(C2CCC(CCc3ccc(-c4ccc(CCCCC)cc4)cc3)CC2)CC1. The van der Waals surface area contributed by atoms with Crippen molar-refractivity contribution >= 4 is 5.97 Å². The maximum Gasteiger partial charge on any atom is 0.335 e. The number of ether oxygens (including phenoxy) is 2. The van der Waals surface area contributed by atoms with E-state index >= 15 is 0 Å². The number of hydrogen-bond donors (Lipinski definition) is 1. The monoisotopic (exact) mass is 602 g/mol. The summed E-state index contributed by atoms with van der Waals surface area (Å²) in [6.07, 6.45) is 19.5. The number of rotatable bonds is 17. The van der Waals surface area contributed by atoms with Gasteiger partial charge in [0.15, 0.2) is 0 Å². The van der Waals surface area contributed by atoms with Crippen LogP contribution in [-0.2, 0) is 27.1 Å². The van der Waals surface area contributed by atoms with Gasteiger partial charge in [0.2, 0.25) is 0 Å². The minimum Gasteiger partial charge on any atom is -0.462 e. The average molecular weight is 603 g/mol. The number of carbonyl (C=O) groups excluding carboxylic acids is 1. The molecule has 2 aliphatic rings. The van der Waals surface area contributed by atoms with E-state index in [1.165, 1.54) is 112 Å². The first-order chi connectivity index (χ1) is 21.5. The third-order valence-electron chi connectivity index (χ3n) is 10.6. The Balaban J connectivity index is 1.13. The summed E-state index contributed by atoms with van der Waals surface area (Å²) in [6, 6.07) is 18.5. The second-order valence-corrected chi connectivity index (χ2v) is 13.9. The predicted octanol–water partition coefficient (Wildman–Crippen LogP) is 9.38. The minimum absolute atomic E-state index is 0.111. The molecule has 4 heteroatoms. The first-order valence-corrected chi connectivity index (χ1v) is 17.6. The Morgan fingerprint density at radius 3 is 1.86 bits per heavy atom. The van der Waals surface area contributed by atoms with Crippen LogP contribution in [0, 0.1) is 29.6 Å². The molecule has 2 aromatic rings. The van der Waals surface area contributed by atoms with Gasteiger partial charge in [0.25, 0.3) is 0 Å². The molecule has 2 fully saturated rings. The van der Waals surface area contributed by atoms with Gasteiger partial charge in [-0.05, 0) is 104 Å². The molecule has 0 aliphatic heterocycles. The first-order valence-electron chi connectivity index (χ1n) is 17.6. The van der Waals surface area contributed by atoms with E-state index in [0.717, 1.165) is 24.2 Å². The van der Waals surface area contributed by atoms with Gasteiger partial charge in [-0.15, -0.1) is 0 Å². The van der Waals surface area contributed by atoms with Crippen molar-refractivity contribution in [1.29, 1.82) is 0 Å². The molecule has 0 bridgehead atoms. The van der Waals surface area contributed by atoms with Crippen molar-refractivity contribution in [3.05, 3.63) is 71.8 Å². The standard InChI is InChI=1S/C40H58O4/c1-4-5-6-7-31-10-18-36(19-11-31)37-20-12-32(13-21-37)8-9-33-14-22-38(23-15-33)39-24-16-34(17-25-39)26-35(28-43-3)29-44-40(42)30(2)27-41/h10-13,18-21,33-35,38-39,41H,2,4-9,14-17,22-29H2,1,3H3. The third-order valence-corrected chi connectivity index (χ3v) is 10.6. The van der Waals surface area contributed by atoms with Gasteiger partial charge in [0.1, 0.15) is 0 Å². The summed E-state index contributed by atoms with van der Waals surface area (Å²) in [5.41, 5.74) is 5.69. The van der Waals surface area contributed by atoms with Crippen molar-refractivity contribution < 1.29 is 19.4 Å². The van der Waals surface area contributed by atoms with Gasteiger partial charge < -0.3 is 14.6 Å². The fourth-order valence-corrected chi connectivity index (χ4v) is 7.77. The fraction of sp³-hybridized carbons (Fsp3) is 0.625. The second-order valence-electron chi connectivity index (χ2n) is 13.9. The van der Waals surface area contributed by atoms with E-state index in [0.29, 0.717) is 19.1 Å². The van der Waals surface area contributed by atoms with Crippen LogP contribution >= 0.6 is 0 Å². The van der Waals surface area contributed by atoms with Crippen LogP contribution in [0.3, 0.4) is 0 Å². The van der Waals surface area contributed by atoms with Crippen LogP contribution in [0.1, 0.15) is 102 Å². The van der Waals surface area contributed by atoms with Crippen molar-refractivity contribution in [2.45, 2.75) is 103 Å². The van der Waals surface area contributed by atoms with Crippen LogP contribution in [0.2, 0.25) is 0 Å². The molecule has 242 valence electrons. The summed E-state index contributed by atoms with van der Waals surface area (Å²) >= 11 is 0. The number of unbranched alkanes of at least 4 members (excludes halogenated alkanes) is 2. The van der Waals surface area contributed by atoms with Crippen LogP contribution in [0.4, 0.5) is 0 Å². The lowest BCUT2D eigenvalue weighted by Crippen LogP contribution is -2.28. The van der Waals surface area contributed by atoms with Gasteiger partial charge in [-0.25, -0.2) is 4.79 Å². The molecule has 0 saturated heterocycles. The molecule has 2 saturated carbocycles. The van der Waals surface area contributed by atoms with E-state index in [4.69, 9.17) is 14.6 Å². The van der Waals surface area contributed by atoms with Gasteiger partial charge in [-0.2, -0.15) is 0 Å². The highest BCUT2D eigenvalue weighted by Crippen LogP contribution is 2.43. The van der Waals surface area contributed by atoms with Crippen LogP contribution in [0.5, 0.6) is 0 Å². The Morgan fingerprint density at radius 1 is 0.795 bits per heavy atom. The molecule has 44 heavy (non-hydrogen) atoms. The highest BCUT2D eigenvalue weighted by molar-refractivity contribution is 5.87. The Hall–Kier alpha value is -2.43. The van der Waals surface area contributed by atoms with E-state index in [1.54, 1.807) is 7.11 Å². The molecule has 2 aromatic carbocycles. The normalized spacial score (nSPS) is 22.8. The van der Waals surface area contributed by atoms with E-state index in [9.17, 15) is 4.79 Å². The number of aryl methyl sites for hydroxylation is 2. The molecule has 4 rings (SSSR count). The van der Waals surface area contributed by atoms with E-state index in [1.807, 2.05) is 0 Å². The highest BCUT2D eigenvalue weighted by atomic mass is 16.5. The number of benzene rings is 2. The summed E-state index contributed by atoms with van der Waals surface area (Å²) < 4.78 is 10.8. The number of methoxy groups -OCH3 is 1. The fourth-order valence-electron chi connectivity index (χ4n) is 7.77. The predicted molar refractivity (Wildman–Crippen MR) is 181 cm³/mol. The van der Waals surface area contributed by atoms with E-state index < -0.39 is 5.97 Å². The lowest BCUT2D eigenvalue weighted by atomic mass is 9.68. The Bertz CT molecular complexity index is 1110. The minimum atomic E-state index is -0.500. The number of aliphatic hydroxyl groups excluding tert-OH is 1. The molecule has 1 unspecified atom stereocenters. The van der Waals surface area contributed by atoms with Gasteiger partial charge in [-0.3, -0.25) is 0 Å². The molecule has 0 radical (unpaired) electrons. The highest BCUT2D eigenvalue weighted by Gasteiger charge is 2.31.